The van der Waals surface area contributed by atoms with Gasteiger partial charge in [-0.1, -0.05) is 32.4 Å². The van der Waals surface area contributed by atoms with Crippen LogP contribution in [-0.4, -0.2) is 16.3 Å². The highest BCUT2D eigenvalue weighted by Gasteiger charge is 2.34. The first-order valence-corrected chi connectivity index (χ1v) is 7.29. The Hall–Kier alpha value is -0.760. The van der Waals surface area contributed by atoms with Crippen molar-refractivity contribution in [2.45, 2.75) is 52.6 Å². The molecule has 0 aromatic rings. The van der Waals surface area contributed by atoms with Crippen LogP contribution in [0.3, 0.4) is 0 Å². The molecule has 0 aromatic heterocycles. The van der Waals surface area contributed by atoms with Gasteiger partial charge in [-0.15, -0.1) is 0 Å². The molecule has 2 aliphatic rings. The lowest BCUT2D eigenvalue weighted by Gasteiger charge is -2.25. The van der Waals surface area contributed by atoms with Crippen molar-refractivity contribution in [2.75, 3.05) is 0 Å². The number of aliphatic hydroxyl groups is 2. The third-order valence-electron chi connectivity index (χ3n) is 4.77. The normalized spacial score (nSPS) is 33.1. The first-order chi connectivity index (χ1) is 8.49. The molecule has 0 saturated carbocycles. The third kappa shape index (κ3) is 2.80. The highest BCUT2D eigenvalue weighted by molar-refractivity contribution is 5.33. The van der Waals surface area contributed by atoms with E-state index in [9.17, 15) is 10.2 Å². The maximum atomic E-state index is 10.1. The van der Waals surface area contributed by atoms with Crippen LogP contribution in [0.2, 0.25) is 0 Å². The Morgan fingerprint density at radius 1 is 1.22 bits per heavy atom. The summed E-state index contributed by atoms with van der Waals surface area (Å²) in [5.74, 6) is 2.47. The van der Waals surface area contributed by atoms with Crippen molar-refractivity contribution in [3.05, 3.63) is 23.5 Å². The van der Waals surface area contributed by atoms with E-state index in [1.807, 2.05) is 12.2 Å². The molecule has 18 heavy (non-hydrogen) atoms. The summed E-state index contributed by atoms with van der Waals surface area (Å²) >= 11 is 0. The molecular weight excluding hydrogens is 224 g/mol. The molecule has 2 rings (SSSR count). The monoisotopic (exact) mass is 250 g/mol. The van der Waals surface area contributed by atoms with E-state index >= 15 is 0 Å². The van der Waals surface area contributed by atoms with Crippen molar-refractivity contribution < 1.29 is 10.2 Å². The topological polar surface area (TPSA) is 40.5 Å². The average molecular weight is 250 g/mol. The maximum absolute atomic E-state index is 10.1. The second-order valence-electron chi connectivity index (χ2n) is 6.36. The van der Waals surface area contributed by atoms with Crippen molar-refractivity contribution in [3.8, 4) is 0 Å². The summed E-state index contributed by atoms with van der Waals surface area (Å²) in [4.78, 5) is 0. The summed E-state index contributed by atoms with van der Waals surface area (Å²) in [5, 5.41) is 19.8. The Kier molecular flexibility index (Phi) is 4.16. The second-order valence-corrected chi connectivity index (χ2v) is 6.36. The number of hydrogen-bond acceptors (Lipinski definition) is 2. The second kappa shape index (κ2) is 5.48. The molecule has 0 aromatic carbocycles. The zero-order valence-corrected chi connectivity index (χ0v) is 11.8. The minimum atomic E-state index is -0.305. The van der Waals surface area contributed by atoms with Crippen LogP contribution in [0.1, 0.15) is 46.5 Å². The molecule has 2 aliphatic carbocycles. The van der Waals surface area contributed by atoms with Crippen LogP contribution in [0, 0.1) is 23.7 Å². The molecule has 0 spiro atoms. The molecular formula is C16H26O2. The van der Waals surface area contributed by atoms with E-state index in [1.54, 1.807) is 0 Å². The van der Waals surface area contributed by atoms with E-state index in [2.05, 4.69) is 20.8 Å². The first-order valence-electron chi connectivity index (χ1n) is 7.29. The molecule has 0 bridgehead atoms. The molecule has 0 fully saturated rings. The summed E-state index contributed by atoms with van der Waals surface area (Å²) in [6.45, 7) is 6.78. The van der Waals surface area contributed by atoms with Crippen LogP contribution in [0.25, 0.3) is 0 Å². The van der Waals surface area contributed by atoms with Gasteiger partial charge in [0, 0.05) is 11.8 Å². The summed E-state index contributed by atoms with van der Waals surface area (Å²) in [6, 6.07) is 0. The van der Waals surface area contributed by atoms with Gasteiger partial charge in [0.15, 0.2) is 0 Å². The highest BCUT2D eigenvalue weighted by atomic mass is 16.3. The van der Waals surface area contributed by atoms with Crippen LogP contribution in [0.4, 0.5) is 0 Å². The smallest absolute Gasteiger partial charge is 0.0960 e. The van der Waals surface area contributed by atoms with Crippen LogP contribution >= 0.6 is 0 Å². The van der Waals surface area contributed by atoms with Gasteiger partial charge < -0.3 is 10.2 Å². The SMILES string of the molecule is CC(C)[C@@H](C)CCC1C(O)=CC2CCC(O)C=C21. The number of aliphatic hydroxyl groups excluding tert-OH is 2. The number of rotatable bonds is 4. The molecule has 2 N–H and O–H groups in total. The van der Waals surface area contributed by atoms with Gasteiger partial charge in [0.25, 0.3) is 0 Å². The van der Waals surface area contributed by atoms with Gasteiger partial charge in [-0.2, -0.15) is 0 Å². The average Bonchev–Trinajstić information content (AvgIpc) is 2.61. The Balaban J connectivity index is 2.01. The Bertz CT molecular complexity index is 354. The first kappa shape index (κ1) is 13.7. The minimum absolute atomic E-state index is 0.172. The lowest BCUT2D eigenvalue weighted by molar-refractivity contribution is 0.194. The zero-order chi connectivity index (χ0) is 13.3. The summed E-state index contributed by atoms with van der Waals surface area (Å²) in [6.07, 6.45) is 7.64. The van der Waals surface area contributed by atoms with Crippen LogP contribution in [-0.2, 0) is 0 Å². The standard InChI is InChI=1S/C16H26O2/c1-10(2)11(3)4-7-14-15-9-13(17)6-5-12(15)8-16(14)18/h8-14,17-18H,4-7H2,1-3H3/t11-,12?,13?,14?/m0/s1. The predicted molar refractivity (Wildman–Crippen MR) is 74.3 cm³/mol. The maximum Gasteiger partial charge on any atom is 0.0960 e. The fourth-order valence-electron chi connectivity index (χ4n) is 3.07. The van der Waals surface area contributed by atoms with Crippen molar-refractivity contribution in [3.63, 3.8) is 0 Å². The van der Waals surface area contributed by atoms with Gasteiger partial charge in [-0.25, -0.2) is 0 Å². The molecule has 0 amide bonds. The third-order valence-corrected chi connectivity index (χ3v) is 4.77. The molecule has 4 atom stereocenters. The van der Waals surface area contributed by atoms with Gasteiger partial charge in [-0.05, 0) is 43.6 Å². The summed E-state index contributed by atoms with van der Waals surface area (Å²) in [7, 11) is 0. The van der Waals surface area contributed by atoms with Crippen molar-refractivity contribution in [1.29, 1.82) is 0 Å². The van der Waals surface area contributed by atoms with E-state index in [0.717, 1.165) is 25.7 Å². The van der Waals surface area contributed by atoms with Gasteiger partial charge in [0.05, 0.1) is 11.9 Å². The lowest BCUT2D eigenvalue weighted by atomic mass is 9.81. The zero-order valence-electron chi connectivity index (χ0n) is 11.8. The molecule has 3 unspecified atom stereocenters. The lowest BCUT2D eigenvalue weighted by Crippen LogP contribution is -2.18. The molecule has 0 aliphatic heterocycles. The van der Waals surface area contributed by atoms with E-state index in [4.69, 9.17) is 0 Å². The fraction of sp³-hybridized carbons (Fsp3) is 0.750. The quantitative estimate of drug-likeness (QED) is 0.744. The van der Waals surface area contributed by atoms with Gasteiger partial charge in [0.1, 0.15) is 0 Å². The van der Waals surface area contributed by atoms with E-state index < -0.39 is 0 Å². The molecule has 0 heterocycles. The van der Waals surface area contributed by atoms with E-state index in [1.165, 1.54) is 5.57 Å². The van der Waals surface area contributed by atoms with Gasteiger partial charge in [0.2, 0.25) is 0 Å². The largest absolute Gasteiger partial charge is 0.512 e. The Morgan fingerprint density at radius 2 is 1.94 bits per heavy atom. The van der Waals surface area contributed by atoms with E-state index in [-0.39, 0.29) is 12.0 Å². The molecule has 102 valence electrons. The fourth-order valence-corrected chi connectivity index (χ4v) is 3.07. The van der Waals surface area contributed by atoms with Gasteiger partial charge >= 0.3 is 0 Å². The van der Waals surface area contributed by atoms with Crippen molar-refractivity contribution >= 4 is 0 Å². The van der Waals surface area contributed by atoms with Crippen LogP contribution in [0.15, 0.2) is 23.5 Å². The minimum Gasteiger partial charge on any atom is -0.512 e. The number of allylic oxidation sites excluding steroid dienone is 2. The van der Waals surface area contributed by atoms with Crippen molar-refractivity contribution in [2.24, 2.45) is 23.7 Å². The molecule has 2 nitrogen and oxygen atoms in total. The predicted octanol–water partition coefficient (Wildman–Crippen LogP) is 3.83. The van der Waals surface area contributed by atoms with Crippen molar-refractivity contribution in [1.82, 2.24) is 0 Å². The van der Waals surface area contributed by atoms with Gasteiger partial charge in [-0.3, -0.25) is 0 Å². The molecule has 2 heteroatoms. The van der Waals surface area contributed by atoms with Crippen LogP contribution < -0.4 is 0 Å². The number of fused-ring (bicyclic) bond motifs is 1. The highest BCUT2D eigenvalue weighted by Crippen LogP contribution is 2.43. The van der Waals surface area contributed by atoms with Crippen LogP contribution in [0.5, 0.6) is 0 Å². The molecule has 0 saturated heterocycles. The summed E-state index contributed by atoms with van der Waals surface area (Å²) < 4.78 is 0. The Morgan fingerprint density at radius 3 is 2.61 bits per heavy atom. The van der Waals surface area contributed by atoms with E-state index in [0.29, 0.717) is 23.5 Å². The summed E-state index contributed by atoms with van der Waals surface area (Å²) in [5.41, 5.74) is 1.27. The molecule has 0 radical (unpaired) electrons. The Labute approximate surface area is 110 Å². The number of hydrogen-bond donors (Lipinski definition) is 2.